The van der Waals surface area contributed by atoms with Gasteiger partial charge in [-0.15, -0.1) is 0 Å². The van der Waals surface area contributed by atoms with Gasteiger partial charge in [-0.3, -0.25) is 0 Å². The topological polar surface area (TPSA) is 50.5 Å². The number of likely N-dealkylation sites (tertiary alicyclic amines) is 1. The highest BCUT2D eigenvalue weighted by Gasteiger charge is 2.18. The zero-order valence-corrected chi connectivity index (χ0v) is 12.5. The lowest BCUT2D eigenvalue weighted by atomic mass is 10.0. The molecule has 0 spiro atoms. The number of anilines is 1. The first-order valence-corrected chi connectivity index (χ1v) is 7.57. The third-order valence-electron chi connectivity index (χ3n) is 3.98. The molecule has 3 N–H and O–H groups in total. The molecule has 1 heterocycles. The third kappa shape index (κ3) is 5.12. The maximum absolute atomic E-state index is 5.70. The summed E-state index contributed by atoms with van der Waals surface area (Å²) in [5.41, 5.74) is 7.83. The standard InChI is InChI=1S/C16H27N3O/c1-20-12-2-9-19-10-7-16(8-11-19)18-13-14-3-5-15(17)6-4-14/h3-6,16,18H,2,7-13,17H2,1H3. The largest absolute Gasteiger partial charge is 0.399 e. The molecule has 1 aliphatic rings. The number of hydrogen-bond acceptors (Lipinski definition) is 4. The molecule has 112 valence electrons. The minimum atomic E-state index is 0.645. The fraction of sp³-hybridized carbons (Fsp3) is 0.625. The quantitative estimate of drug-likeness (QED) is 0.590. The Labute approximate surface area is 122 Å². The van der Waals surface area contributed by atoms with Crippen LogP contribution in [0.4, 0.5) is 5.69 Å². The molecule has 2 rings (SSSR count). The van der Waals surface area contributed by atoms with E-state index in [1.165, 1.54) is 38.0 Å². The Balaban J connectivity index is 1.63. The molecular weight excluding hydrogens is 250 g/mol. The summed E-state index contributed by atoms with van der Waals surface area (Å²) in [6.07, 6.45) is 3.62. The van der Waals surface area contributed by atoms with E-state index >= 15 is 0 Å². The molecule has 0 bridgehead atoms. The second-order valence-electron chi connectivity index (χ2n) is 5.58. The number of methoxy groups -OCH3 is 1. The lowest BCUT2D eigenvalue weighted by Crippen LogP contribution is -2.42. The number of nitrogens with two attached hydrogens (primary N) is 1. The first kappa shape index (κ1) is 15.3. The molecule has 4 nitrogen and oxygen atoms in total. The summed E-state index contributed by atoms with van der Waals surface area (Å²) in [4.78, 5) is 2.54. The maximum atomic E-state index is 5.70. The number of piperidine rings is 1. The highest BCUT2D eigenvalue weighted by molar-refractivity contribution is 5.39. The normalized spacial score (nSPS) is 17.4. The summed E-state index contributed by atoms with van der Waals surface area (Å²) in [6, 6.07) is 8.78. The smallest absolute Gasteiger partial charge is 0.0474 e. The van der Waals surface area contributed by atoms with Gasteiger partial charge >= 0.3 is 0 Å². The van der Waals surface area contributed by atoms with Gasteiger partial charge in [-0.1, -0.05) is 12.1 Å². The van der Waals surface area contributed by atoms with Crippen molar-refractivity contribution >= 4 is 5.69 Å². The van der Waals surface area contributed by atoms with Gasteiger partial charge < -0.3 is 20.7 Å². The average Bonchev–Trinajstić information content (AvgIpc) is 2.48. The Morgan fingerprint density at radius 3 is 2.60 bits per heavy atom. The molecule has 1 saturated heterocycles. The SMILES string of the molecule is COCCCN1CCC(NCc2ccc(N)cc2)CC1. The van der Waals surface area contributed by atoms with E-state index in [1.807, 2.05) is 12.1 Å². The van der Waals surface area contributed by atoms with Crippen LogP contribution in [0.15, 0.2) is 24.3 Å². The van der Waals surface area contributed by atoms with Crippen LogP contribution in [0.3, 0.4) is 0 Å². The first-order chi connectivity index (χ1) is 9.78. The summed E-state index contributed by atoms with van der Waals surface area (Å²) in [5.74, 6) is 0. The molecule has 0 atom stereocenters. The fourth-order valence-electron chi connectivity index (χ4n) is 2.69. The van der Waals surface area contributed by atoms with E-state index in [2.05, 4.69) is 22.3 Å². The Hall–Kier alpha value is -1.10. The highest BCUT2D eigenvalue weighted by Crippen LogP contribution is 2.12. The van der Waals surface area contributed by atoms with Crippen molar-refractivity contribution in [2.45, 2.75) is 31.8 Å². The maximum Gasteiger partial charge on any atom is 0.0474 e. The van der Waals surface area contributed by atoms with Gasteiger partial charge in [0.05, 0.1) is 0 Å². The molecule has 1 aliphatic heterocycles. The number of rotatable bonds is 7. The molecule has 1 aromatic rings. The van der Waals surface area contributed by atoms with Gasteiger partial charge in [-0.25, -0.2) is 0 Å². The van der Waals surface area contributed by atoms with Crippen LogP contribution in [-0.2, 0) is 11.3 Å². The van der Waals surface area contributed by atoms with E-state index in [0.717, 1.165) is 25.3 Å². The van der Waals surface area contributed by atoms with E-state index in [4.69, 9.17) is 10.5 Å². The van der Waals surface area contributed by atoms with Gasteiger partial charge in [-0.2, -0.15) is 0 Å². The summed E-state index contributed by atoms with van der Waals surface area (Å²) >= 11 is 0. The lowest BCUT2D eigenvalue weighted by Gasteiger charge is -2.32. The van der Waals surface area contributed by atoms with Crippen molar-refractivity contribution < 1.29 is 4.74 Å². The van der Waals surface area contributed by atoms with E-state index < -0.39 is 0 Å². The monoisotopic (exact) mass is 277 g/mol. The predicted octanol–water partition coefficient (Wildman–Crippen LogP) is 1.86. The molecule has 0 aliphatic carbocycles. The minimum absolute atomic E-state index is 0.645. The van der Waals surface area contributed by atoms with Crippen molar-refractivity contribution in [2.24, 2.45) is 0 Å². The first-order valence-electron chi connectivity index (χ1n) is 7.57. The number of nitrogens with zero attached hydrogens (tertiary/aromatic N) is 1. The Morgan fingerprint density at radius 2 is 1.95 bits per heavy atom. The zero-order chi connectivity index (χ0) is 14.2. The molecule has 0 radical (unpaired) electrons. The molecule has 0 aromatic heterocycles. The molecule has 0 amide bonds. The Bertz CT molecular complexity index is 372. The van der Waals surface area contributed by atoms with Crippen LogP contribution < -0.4 is 11.1 Å². The van der Waals surface area contributed by atoms with Crippen LogP contribution in [0.5, 0.6) is 0 Å². The van der Waals surface area contributed by atoms with Crippen molar-refractivity contribution in [1.29, 1.82) is 0 Å². The van der Waals surface area contributed by atoms with Gasteiger partial charge in [0, 0.05) is 38.5 Å². The minimum Gasteiger partial charge on any atom is -0.399 e. The van der Waals surface area contributed by atoms with Crippen LogP contribution in [0.2, 0.25) is 0 Å². The highest BCUT2D eigenvalue weighted by atomic mass is 16.5. The summed E-state index contributed by atoms with van der Waals surface area (Å²) in [7, 11) is 1.77. The van der Waals surface area contributed by atoms with E-state index in [9.17, 15) is 0 Å². The number of nitrogens with one attached hydrogen (secondary N) is 1. The zero-order valence-electron chi connectivity index (χ0n) is 12.5. The molecule has 4 heteroatoms. The van der Waals surface area contributed by atoms with Crippen molar-refractivity contribution in [3.05, 3.63) is 29.8 Å². The van der Waals surface area contributed by atoms with Crippen LogP contribution in [0.25, 0.3) is 0 Å². The van der Waals surface area contributed by atoms with Crippen LogP contribution in [-0.4, -0.2) is 44.3 Å². The van der Waals surface area contributed by atoms with E-state index in [-0.39, 0.29) is 0 Å². The van der Waals surface area contributed by atoms with Gasteiger partial charge in [0.25, 0.3) is 0 Å². The van der Waals surface area contributed by atoms with Crippen molar-refractivity contribution in [3.8, 4) is 0 Å². The van der Waals surface area contributed by atoms with Gasteiger partial charge in [0.2, 0.25) is 0 Å². The van der Waals surface area contributed by atoms with E-state index in [1.54, 1.807) is 7.11 Å². The Kier molecular flexibility index (Phi) is 6.30. The number of benzene rings is 1. The summed E-state index contributed by atoms with van der Waals surface area (Å²) < 4.78 is 5.10. The van der Waals surface area contributed by atoms with Crippen molar-refractivity contribution in [2.75, 3.05) is 39.1 Å². The van der Waals surface area contributed by atoms with Gasteiger partial charge in [0.15, 0.2) is 0 Å². The fourth-order valence-corrected chi connectivity index (χ4v) is 2.69. The second kappa shape index (κ2) is 8.25. The number of ether oxygens (including phenoxy) is 1. The van der Waals surface area contributed by atoms with Gasteiger partial charge in [0.1, 0.15) is 0 Å². The van der Waals surface area contributed by atoms with Crippen LogP contribution >= 0.6 is 0 Å². The lowest BCUT2D eigenvalue weighted by molar-refractivity contribution is 0.152. The van der Waals surface area contributed by atoms with Crippen molar-refractivity contribution in [3.63, 3.8) is 0 Å². The van der Waals surface area contributed by atoms with Crippen LogP contribution in [0.1, 0.15) is 24.8 Å². The van der Waals surface area contributed by atoms with Gasteiger partial charge in [-0.05, 0) is 50.0 Å². The molecule has 0 saturated carbocycles. The number of nitrogen functional groups attached to an aromatic ring is 1. The molecule has 20 heavy (non-hydrogen) atoms. The molecule has 1 fully saturated rings. The predicted molar refractivity (Wildman–Crippen MR) is 83.6 cm³/mol. The van der Waals surface area contributed by atoms with Crippen LogP contribution in [0, 0.1) is 0 Å². The van der Waals surface area contributed by atoms with E-state index in [0.29, 0.717) is 6.04 Å². The third-order valence-corrected chi connectivity index (χ3v) is 3.98. The summed E-state index contributed by atoms with van der Waals surface area (Å²) in [5, 5.41) is 3.65. The average molecular weight is 277 g/mol. The molecule has 1 aromatic carbocycles. The molecular formula is C16H27N3O. The summed E-state index contributed by atoms with van der Waals surface area (Å²) in [6.45, 7) is 5.37. The second-order valence-corrected chi connectivity index (χ2v) is 5.58. The number of hydrogen-bond donors (Lipinski definition) is 2. The Morgan fingerprint density at radius 1 is 1.25 bits per heavy atom. The molecule has 0 unspecified atom stereocenters. The van der Waals surface area contributed by atoms with Crippen molar-refractivity contribution in [1.82, 2.24) is 10.2 Å².